The molecule has 1 unspecified atom stereocenters. The minimum absolute atomic E-state index is 0.0815. The summed E-state index contributed by atoms with van der Waals surface area (Å²) in [6.07, 6.45) is 0.719. The normalized spacial score (nSPS) is 19.3. The zero-order valence-electron chi connectivity index (χ0n) is 13.1. The molecular formula is C16H17FN2O3S2. The predicted octanol–water partition coefficient (Wildman–Crippen LogP) is 3.02. The van der Waals surface area contributed by atoms with Gasteiger partial charge in [0.1, 0.15) is 5.82 Å². The van der Waals surface area contributed by atoms with Crippen molar-refractivity contribution < 1.29 is 17.6 Å². The molecule has 3 rings (SSSR count). The van der Waals surface area contributed by atoms with Gasteiger partial charge in [-0.3, -0.25) is 4.79 Å². The Balaban J connectivity index is 1.67. The van der Waals surface area contributed by atoms with E-state index in [9.17, 15) is 17.6 Å². The van der Waals surface area contributed by atoms with Crippen molar-refractivity contribution in [1.82, 2.24) is 4.98 Å². The van der Waals surface area contributed by atoms with Crippen LogP contribution in [-0.2, 0) is 14.6 Å². The molecule has 128 valence electrons. The third-order valence-corrected chi connectivity index (χ3v) is 6.68. The average molecular weight is 368 g/mol. The number of nitrogens with one attached hydrogen (secondary N) is 1. The van der Waals surface area contributed by atoms with Gasteiger partial charge in [0.25, 0.3) is 0 Å². The lowest BCUT2D eigenvalue weighted by Crippen LogP contribution is -2.17. The molecule has 1 aliphatic rings. The van der Waals surface area contributed by atoms with E-state index in [1.54, 1.807) is 12.1 Å². The van der Waals surface area contributed by atoms with E-state index in [1.807, 2.05) is 6.92 Å². The van der Waals surface area contributed by atoms with Crippen molar-refractivity contribution in [2.75, 3.05) is 16.8 Å². The maximum absolute atomic E-state index is 13.0. The fourth-order valence-electron chi connectivity index (χ4n) is 2.79. The average Bonchev–Trinajstić information content (AvgIpc) is 3.02. The van der Waals surface area contributed by atoms with Crippen molar-refractivity contribution in [2.45, 2.75) is 19.8 Å². The van der Waals surface area contributed by atoms with Gasteiger partial charge in [-0.15, -0.1) is 11.3 Å². The lowest BCUT2D eigenvalue weighted by molar-refractivity contribution is -0.116. The van der Waals surface area contributed by atoms with E-state index in [0.717, 1.165) is 10.4 Å². The zero-order valence-corrected chi connectivity index (χ0v) is 14.7. The summed E-state index contributed by atoms with van der Waals surface area (Å²) in [5.74, 6) is -0.412. The van der Waals surface area contributed by atoms with Crippen LogP contribution in [0.15, 0.2) is 24.3 Å². The number of carbonyl (C=O) groups excluding carboxylic acids is 1. The third kappa shape index (κ3) is 3.99. The van der Waals surface area contributed by atoms with Gasteiger partial charge in [0.15, 0.2) is 15.0 Å². The molecule has 0 saturated carbocycles. The highest BCUT2D eigenvalue weighted by molar-refractivity contribution is 7.91. The summed E-state index contributed by atoms with van der Waals surface area (Å²) in [5.41, 5.74) is 1.49. The van der Waals surface area contributed by atoms with Crippen LogP contribution < -0.4 is 5.32 Å². The van der Waals surface area contributed by atoms with Crippen molar-refractivity contribution in [1.29, 1.82) is 0 Å². The van der Waals surface area contributed by atoms with Gasteiger partial charge in [-0.05, 0) is 43.5 Å². The van der Waals surface area contributed by atoms with Crippen molar-refractivity contribution >= 4 is 32.2 Å². The molecule has 1 atom stereocenters. The van der Waals surface area contributed by atoms with Crippen LogP contribution in [0.4, 0.5) is 9.52 Å². The molecule has 1 saturated heterocycles. The van der Waals surface area contributed by atoms with Gasteiger partial charge in [0.2, 0.25) is 5.91 Å². The number of anilines is 1. The summed E-state index contributed by atoms with van der Waals surface area (Å²) < 4.78 is 35.9. The summed E-state index contributed by atoms with van der Waals surface area (Å²) in [4.78, 5) is 17.4. The van der Waals surface area contributed by atoms with Gasteiger partial charge in [-0.2, -0.15) is 0 Å². The first-order valence-corrected chi connectivity index (χ1v) is 10.2. The molecule has 0 radical (unpaired) electrons. The molecule has 1 fully saturated rings. The summed E-state index contributed by atoms with van der Waals surface area (Å²) >= 11 is 1.34. The van der Waals surface area contributed by atoms with E-state index < -0.39 is 9.84 Å². The summed E-state index contributed by atoms with van der Waals surface area (Å²) in [5, 5.41) is 3.21. The quantitative estimate of drug-likeness (QED) is 0.900. The Bertz CT molecular complexity index is 860. The number of hydrogen-bond donors (Lipinski definition) is 1. The maximum Gasteiger partial charge on any atom is 0.226 e. The fraction of sp³-hybridized carbons (Fsp3) is 0.375. The van der Waals surface area contributed by atoms with Crippen molar-refractivity contribution in [2.24, 2.45) is 5.92 Å². The maximum atomic E-state index is 13.0. The van der Waals surface area contributed by atoms with Crippen molar-refractivity contribution in [3.63, 3.8) is 0 Å². The Kier molecular flexibility index (Phi) is 4.69. The number of aryl methyl sites for hydroxylation is 1. The molecular weight excluding hydrogens is 351 g/mol. The monoisotopic (exact) mass is 368 g/mol. The second-order valence-corrected chi connectivity index (χ2v) is 9.38. The first-order valence-electron chi connectivity index (χ1n) is 7.56. The van der Waals surface area contributed by atoms with E-state index >= 15 is 0 Å². The number of thiazole rings is 1. The number of nitrogens with zero attached hydrogens (tertiary/aromatic N) is 1. The van der Waals surface area contributed by atoms with Crippen molar-refractivity contribution in [3.8, 4) is 11.3 Å². The number of rotatable bonds is 4. The minimum Gasteiger partial charge on any atom is -0.302 e. The van der Waals surface area contributed by atoms with Gasteiger partial charge in [-0.25, -0.2) is 17.8 Å². The number of hydrogen-bond acceptors (Lipinski definition) is 5. The molecule has 2 aromatic rings. The number of amides is 1. The minimum atomic E-state index is -2.98. The van der Waals surface area contributed by atoms with Crippen LogP contribution in [0.2, 0.25) is 0 Å². The number of aromatic nitrogens is 1. The Hall–Kier alpha value is -1.80. The molecule has 5 nitrogen and oxygen atoms in total. The van der Waals surface area contributed by atoms with E-state index in [4.69, 9.17) is 0 Å². The van der Waals surface area contributed by atoms with Gasteiger partial charge < -0.3 is 5.32 Å². The molecule has 1 aromatic heterocycles. The van der Waals surface area contributed by atoms with Crippen LogP contribution in [0.25, 0.3) is 11.3 Å². The highest BCUT2D eigenvalue weighted by Gasteiger charge is 2.29. The molecule has 1 amide bonds. The fourth-order valence-corrected chi connectivity index (χ4v) is 5.50. The van der Waals surface area contributed by atoms with E-state index in [-0.39, 0.29) is 35.6 Å². The molecule has 0 aliphatic carbocycles. The van der Waals surface area contributed by atoms with Crippen LogP contribution >= 0.6 is 11.3 Å². The summed E-state index contributed by atoms with van der Waals surface area (Å²) in [6, 6.07) is 6.03. The Morgan fingerprint density at radius 3 is 2.71 bits per heavy atom. The van der Waals surface area contributed by atoms with Crippen LogP contribution in [0.5, 0.6) is 0 Å². The Labute approximate surface area is 143 Å². The second kappa shape index (κ2) is 6.60. The smallest absolute Gasteiger partial charge is 0.226 e. The molecule has 24 heavy (non-hydrogen) atoms. The second-order valence-electron chi connectivity index (χ2n) is 5.95. The molecule has 0 spiro atoms. The molecule has 0 bridgehead atoms. The SMILES string of the molecule is Cc1sc(NC(=O)CC2CCS(=O)(=O)C2)nc1-c1ccc(F)cc1. The standard InChI is InChI=1S/C16H17FN2O3S2/c1-10-15(12-2-4-13(17)5-3-12)19-16(23-10)18-14(20)8-11-6-7-24(21,22)9-11/h2-5,11H,6-9H2,1H3,(H,18,19,20). The van der Waals surface area contributed by atoms with Gasteiger partial charge >= 0.3 is 0 Å². The number of benzene rings is 1. The molecule has 2 heterocycles. The first kappa shape index (κ1) is 17.0. The first-order chi connectivity index (χ1) is 11.3. The van der Waals surface area contributed by atoms with E-state index in [2.05, 4.69) is 10.3 Å². The largest absolute Gasteiger partial charge is 0.302 e. The molecule has 1 aromatic carbocycles. The Morgan fingerprint density at radius 2 is 2.08 bits per heavy atom. The van der Waals surface area contributed by atoms with E-state index in [1.165, 1.54) is 23.5 Å². The Morgan fingerprint density at radius 1 is 1.38 bits per heavy atom. The molecule has 1 aliphatic heterocycles. The van der Waals surface area contributed by atoms with Gasteiger partial charge in [0, 0.05) is 16.9 Å². The number of halogens is 1. The van der Waals surface area contributed by atoms with Crippen molar-refractivity contribution in [3.05, 3.63) is 35.0 Å². The highest BCUT2D eigenvalue weighted by atomic mass is 32.2. The van der Waals surface area contributed by atoms with Crippen LogP contribution in [-0.4, -0.2) is 30.8 Å². The number of sulfone groups is 1. The number of carbonyl (C=O) groups is 1. The summed E-state index contributed by atoms with van der Waals surface area (Å²) in [6.45, 7) is 1.88. The van der Waals surface area contributed by atoms with Gasteiger partial charge in [-0.1, -0.05) is 0 Å². The lowest BCUT2D eigenvalue weighted by atomic mass is 10.1. The third-order valence-electron chi connectivity index (χ3n) is 3.96. The topological polar surface area (TPSA) is 76.1 Å². The van der Waals surface area contributed by atoms with E-state index in [0.29, 0.717) is 17.2 Å². The van der Waals surface area contributed by atoms with Gasteiger partial charge in [0.05, 0.1) is 17.2 Å². The van der Waals surface area contributed by atoms with Crippen LogP contribution in [0.1, 0.15) is 17.7 Å². The zero-order chi connectivity index (χ0) is 17.3. The predicted molar refractivity (Wildman–Crippen MR) is 92.3 cm³/mol. The van der Waals surface area contributed by atoms with Crippen LogP contribution in [0, 0.1) is 18.7 Å². The molecule has 8 heteroatoms. The van der Waals surface area contributed by atoms with Crippen LogP contribution in [0.3, 0.4) is 0 Å². The highest BCUT2D eigenvalue weighted by Crippen LogP contribution is 2.31. The summed E-state index contributed by atoms with van der Waals surface area (Å²) in [7, 11) is -2.98. The lowest BCUT2D eigenvalue weighted by Gasteiger charge is -2.06. The molecule has 1 N–H and O–H groups in total.